The molecule has 1 atom stereocenters. The number of fused-ring (bicyclic) bond motifs is 1. The van der Waals surface area contributed by atoms with Crippen LogP contribution < -0.4 is 5.32 Å². The summed E-state index contributed by atoms with van der Waals surface area (Å²) in [6.07, 6.45) is 5.45. The first kappa shape index (κ1) is 16.6. The van der Waals surface area contributed by atoms with Crippen molar-refractivity contribution in [1.29, 1.82) is 5.26 Å². The third-order valence-electron chi connectivity index (χ3n) is 5.07. The maximum Gasteiger partial charge on any atom is 0.0991 e. The molecule has 0 saturated carbocycles. The zero-order valence-corrected chi connectivity index (χ0v) is 14.7. The molecule has 4 rings (SSSR count). The minimum atomic E-state index is 0.346. The van der Waals surface area contributed by atoms with Gasteiger partial charge < -0.3 is 5.32 Å². The van der Waals surface area contributed by atoms with E-state index in [-0.39, 0.29) is 0 Å². The Balaban J connectivity index is 1.46. The van der Waals surface area contributed by atoms with Crippen LogP contribution in [0.25, 0.3) is 0 Å². The molecule has 0 amide bonds. The summed E-state index contributed by atoms with van der Waals surface area (Å²) in [4.78, 5) is 0. The molecule has 0 saturated heterocycles. The lowest BCUT2D eigenvalue weighted by Gasteiger charge is -2.24. The van der Waals surface area contributed by atoms with E-state index in [1.165, 1.54) is 28.8 Å². The minimum absolute atomic E-state index is 0.346. The Kier molecular flexibility index (Phi) is 4.81. The number of rotatable bonds is 5. The van der Waals surface area contributed by atoms with Gasteiger partial charge in [-0.1, -0.05) is 42.5 Å². The molecule has 0 radical (unpaired) electrons. The van der Waals surface area contributed by atoms with Crippen LogP contribution in [0.15, 0.2) is 60.8 Å². The smallest absolute Gasteiger partial charge is 0.0991 e. The molecule has 0 spiro atoms. The molecule has 0 unspecified atom stereocenters. The van der Waals surface area contributed by atoms with Gasteiger partial charge in [-0.25, -0.2) is 0 Å². The number of nitrogens with one attached hydrogen (secondary N) is 1. The lowest BCUT2D eigenvalue weighted by atomic mass is 9.92. The molecule has 0 bridgehead atoms. The minimum Gasteiger partial charge on any atom is -0.306 e. The molecular formula is C22H22N4. The molecular weight excluding hydrogens is 320 g/mol. The Morgan fingerprint density at radius 2 is 1.88 bits per heavy atom. The number of nitriles is 1. The van der Waals surface area contributed by atoms with E-state index in [4.69, 9.17) is 5.26 Å². The molecule has 4 nitrogen and oxygen atoms in total. The first-order valence-corrected chi connectivity index (χ1v) is 9.14. The van der Waals surface area contributed by atoms with Crippen molar-refractivity contribution >= 4 is 0 Å². The van der Waals surface area contributed by atoms with Crippen LogP contribution in [0.5, 0.6) is 0 Å². The number of nitrogens with zero attached hydrogens (tertiary/aromatic N) is 3. The largest absolute Gasteiger partial charge is 0.306 e. The lowest BCUT2D eigenvalue weighted by Crippen LogP contribution is -2.25. The molecule has 26 heavy (non-hydrogen) atoms. The van der Waals surface area contributed by atoms with Crippen LogP contribution in [-0.2, 0) is 19.5 Å². The van der Waals surface area contributed by atoms with Gasteiger partial charge in [-0.05, 0) is 42.5 Å². The first-order valence-electron chi connectivity index (χ1n) is 9.14. The Bertz CT molecular complexity index is 904. The summed E-state index contributed by atoms with van der Waals surface area (Å²) >= 11 is 0. The highest BCUT2D eigenvalue weighted by Gasteiger charge is 2.23. The van der Waals surface area contributed by atoms with Gasteiger partial charge in [0, 0.05) is 23.8 Å². The third-order valence-corrected chi connectivity index (χ3v) is 5.07. The van der Waals surface area contributed by atoms with Crippen molar-refractivity contribution in [3.8, 4) is 6.07 Å². The summed E-state index contributed by atoms with van der Waals surface area (Å²) in [6, 6.07) is 20.8. The van der Waals surface area contributed by atoms with Crippen molar-refractivity contribution < 1.29 is 0 Å². The van der Waals surface area contributed by atoms with Crippen molar-refractivity contribution in [2.24, 2.45) is 0 Å². The summed E-state index contributed by atoms with van der Waals surface area (Å²) in [5, 5.41) is 17.2. The van der Waals surface area contributed by atoms with E-state index < -0.39 is 0 Å². The Hall–Kier alpha value is -2.90. The summed E-state index contributed by atoms with van der Waals surface area (Å²) in [7, 11) is 0. The quantitative estimate of drug-likeness (QED) is 0.763. The van der Waals surface area contributed by atoms with E-state index in [1.54, 1.807) is 0 Å². The molecule has 1 aliphatic rings. The summed E-state index contributed by atoms with van der Waals surface area (Å²) < 4.78 is 2.15. The normalized spacial score (nSPS) is 16.0. The van der Waals surface area contributed by atoms with Crippen LogP contribution in [0.1, 0.15) is 46.8 Å². The number of benzene rings is 2. The third kappa shape index (κ3) is 3.54. The van der Waals surface area contributed by atoms with Gasteiger partial charge in [-0.3, -0.25) is 4.68 Å². The highest BCUT2D eigenvalue weighted by atomic mass is 15.3. The number of hydrogen-bond acceptors (Lipinski definition) is 3. The molecule has 1 heterocycles. The molecule has 0 fully saturated rings. The second-order valence-electron chi connectivity index (χ2n) is 6.82. The second kappa shape index (κ2) is 7.55. The van der Waals surface area contributed by atoms with Gasteiger partial charge in [0.15, 0.2) is 0 Å². The summed E-state index contributed by atoms with van der Waals surface area (Å²) in [5.41, 5.74) is 5.88. The van der Waals surface area contributed by atoms with E-state index in [9.17, 15) is 0 Å². The molecule has 1 aliphatic carbocycles. The summed E-state index contributed by atoms with van der Waals surface area (Å²) in [6.45, 7) is 1.64. The predicted molar refractivity (Wildman–Crippen MR) is 101 cm³/mol. The van der Waals surface area contributed by atoms with Crippen molar-refractivity contribution in [3.63, 3.8) is 0 Å². The van der Waals surface area contributed by atoms with Gasteiger partial charge in [-0.15, -0.1) is 0 Å². The molecule has 3 aromatic rings. The average molecular weight is 342 g/mol. The van der Waals surface area contributed by atoms with Gasteiger partial charge in [0.25, 0.3) is 0 Å². The van der Waals surface area contributed by atoms with Crippen LogP contribution in [0.4, 0.5) is 0 Å². The molecule has 130 valence electrons. The highest BCUT2D eigenvalue weighted by molar-refractivity contribution is 5.32. The topological polar surface area (TPSA) is 53.6 Å². The van der Waals surface area contributed by atoms with Crippen LogP contribution in [-0.4, -0.2) is 9.78 Å². The molecule has 0 aliphatic heterocycles. The van der Waals surface area contributed by atoms with Gasteiger partial charge in [-0.2, -0.15) is 10.4 Å². The fraction of sp³-hybridized carbons (Fsp3) is 0.273. The Morgan fingerprint density at radius 3 is 2.65 bits per heavy atom. The predicted octanol–water partition coefficient (Wildman–Crippen LogP) is 3.97. The van der Waals surface area contributed by atoms with Crippen molar-refractivity contribution in [2.75, 3.05) is 0 Å². The highest BCUT2D eigenvalue weighted by Crippen LogP contribution is 2.30. The van der Waals surface area contributed by atoms with Crippen LogP contribution >= 0.6 is 0 Å². The van der Waals surface area contributed by atoms with Crippen LogP contribution in [0.3, 0.4) is 0 Å². The molecule has 1 aromatic heterocycles. The molecule has 1 N–H and O–H groups in total. The lowest BCUT2D eigenvalue weighted by molar-refractivity contribution is 0.449. The maximum absolute atomic E-state index is 8.90. The molecule has 4 heteroatoms. The van der Waals surface area contributed by atoms with E-state index in [1.807, 2.05) is 36.5 Å². The molecule has 2 aromatic carbocycles. The van der Waals surface area contributed by atoms with Crippen LogP contribution in [0, 0.1) is 11.3 Å². The second-order valence-corrected chi connectivity index (χ2v) is 6.82. The zero-order chi connectivity index (χ0) is 17.8. The van der Waals surface area contributed by atoms with Crippen molar-refractivity contribution in [3.05, 3.63) is 88.7 Å². The summed E-state index contributed by atoms with van der Waals surface area (Å²) in [5.74, 6) is 0. The van der Waals surface area contributed by atoms with Gasteiger partial charge >= 0.3 is 0 Å². The van der Waals surface area contributed by atoms with Crippen molar-refractivity contribution in [2.45, 2.75) is 38.4 Å². The fourth-order valence-electron chi connectivity index (χ4n) is 3.66. The van der Waals surface area contributed by atoms with E-state index >= 15 is 0 Å². The maximum atomic E-state index is 8.90. The fourth-order valence-corrected chi connectivity index (χ4v) is 3.66. The van der Waals surface area contributed by atoms with Gasteiger partial charge in [0.2, 0.25) is 0 Å². The first-order chi connectivity index (χ1) is 12.8. The van der Waals surface area contributed by atoms with Crippen molar-refractivity contribution in [1.82, 2.24) is 15.1 Å². The Morgan fingerprint density at radius 1 is 1.08 bits per heavy atom. The average Bonchev–Trinajstić information content (AvgIpc) is 3.11. The van der Waals surface area contributed by atoms with E-state index in [0.29, 0.717) is 11.6 Å². The van der Waals surface area contributed by atoms with E-state index in [2.05, 4.69) is 45.4 Å². The van der Waals surface area contributed by atoms with Gasteiger partial charge in [0.05, 0.1) is 24.4 Å². The SMILES string of the molecule is N#Cc1ccc(CN[C@@H]2CCCc3c2cnn3Cc2ccccc2)cc1. The van der Waals surface area contributed by atoms with Gasteiger partial charge in [0.1, 0.15) is 0 Å². The monoisotopic (exact) mass is 342 g/mol. The number of aromatic nitrogens is 2. The Labute approximate surface area is 154 Å². The number of hydrogen-bond donors (Lipinski definition) is 1. The van der Waals surface area contributed by atoms with Crippen LogP contribution in [0.2, 0.25) is 0 Å². The zero-order valence-electron chi connectivity index (χ0n) is 14.7. The standard InChI is InChI=1S/C22H22N4/c23-13-17-9-11-18(12-10-17)14-24-21-7-4-8-22-20(21)15-25-26(22)16-19-5-2-1-3-6-19/h1-3,5-6,9-12,15,21,24H,4,7-8,14,16H2/t21-/m1/s1. The van der Waals surface area contributed by atoms with E-state index in [0.717, 1.165) is 25.9 Å².